The largest absolute Gasteiger partial charge is 0.433 e. The predicted molar refractivity (Wildman–Crippen MR) is 85.9 cm³/mol. The monoisotopic (exact) mass is 368 g/mol. The van der Waals surface area contributed by atoms with E-state index in [1.54, 1.807) is 0 Å². The number of hydrogen-bond donors (Lipinski definition) is 2. The van der Waals surface area contributed by atoms with Crippen molar-refractivity contribution in [1.82, 2.24) is 30.4 Å². The zero-order valence-corrected chi connectivity index (χ0v) is 14.2. The molecule has 3 heterocycles. The number of nitrogens with one attached hydrogen (secondary N) is 2. The van der Waals surface area contributed by atoms with Crippen molar-refractivity contribution in [2.45, 2.75) is 45.6 Å². The van der Waals surface area contributed by atoms with Gasteiger partial charge in [0.25, 0.3) is 0 Å². The Hall–Kier alpha value is -2.49. The van der Waals surface area contributed by atoms with Gasteiger partial charge in [0.1, 0.15) is 11.5 Å². The van der Waals surface area contributed by atoms with Gasteiger partial charge in [0.2, 0.25) is 5.91 Å². The number of aromatic nitrogens is 4. The molecule has 0 saturated heterocycles. The molecule has 1 aliphatic rings. The molecule has 0 radical (unpaired) electrons. The molecule has 0 saturated carbocycles. The highest BCUT2D eigenvalue weighted by Gasteiger charge is 2.33. The fourth-order valence-corrected chi connectivity index (χ4v) is 2.74. The van der Waals surface area contributed by atoms with Crippen LogP contribution in [0.5, 0.6) is 0 Å². The minimum absolute atomic E-state index is 0.0609. The van der Waals surface area contributed by atoms with Crippen molar-refractivity contribution in [2.24, 2.45) is 0 Å². The van der Waals surface area contributed by atoms with Crippen LogP contribution in [0.2, 0.25) is 0 Å². The number of carbonyl (C=O) groups is 1. The molecule has 10 heteroatoms. The maximum atomic E-state index is 12.8. The lowest BCUT2D eigenvalue weighted by Gasteiger charge is -2.13. The molecule has 0 bridgehead atoms. The number of carbonyl (C=O) groups excluding carboxylic acids is 1. The van der Waals surface area contributed by atoms with Gasteiger partial charge in [-0.2, -0.15) is 18.3 Å². The standard InChI is InChI=1S/C16H19F3N6O/c1-10-6-13(16(17,18)19)23-14(22-10)9-21-15(26)3-2-11-7-12-8-20-4-5-25(12)24-11/h6-7,20H,2-5,8-9H2,1H3,(H,21,26). The summed E-state index contributed by atoms with van der Waals surface area (Å²) in [5, 5.41) is 10.2. The molecule has 7 nitrogen and oxygen atoms in total. The van der Waals surface area contributed by atoms with Crippen LogP contribution in [0.15, 0.2) is 12.1 Å². The Morgan fingerprint density at radius 1 is 1.35 bits per heavy atom. The summed E-state index contributed by atoms with van der Waals surface area (Å²) in [5.74, 6) is -0.345. The van der Waals surface area contributed by atoms with Gasteiger partial charge in [-0.15, -0.1) is 0 Å². The lowest BCUT2D eigenvalue weighted by atomic mass is 10.2. The Labute approximate surface area is 148 Å². The number of halogens is 3. The van der Waals surface area contributed by atoms with E-state index in [4.69, 9.17) is 0 Å². The molecule has 0 fully saturated rings. The normalized spacial score (nSPS) is 14.2. The van der Waals surface area contributed by atoms with Crippen molar-refractivity contribution in [3.63, 3.8) is 0 Å². The first-order chi connectivity index (χ1) is 12.3. The first-order valence-electron chi connectivity index (χ1n) is 8.26. The number of fused-ring (bicyclic) bond motifs is 1. The van der Waals surface area contributed by atoms with Crippen LogP contribution in [-0.2, 0) is 37.0 Å². The van der Waals surface area contributed by atoms with Crippen LogP contribution in [0, 0.1) is 6.92 Å². The molecular weight excluding hydrogens is 349 g/mol. The van der Waals surface area contributed by atoms with E-state index in [1.807, 2.05) is 10.7 Å². The Morgan fingerprint density at radius 3 is 2.88 bits per heavy atom. The van der Waals surface area contributed by atoms with E-state index in [1.165, 1.54) is 6.92 Å². The number of rotatable bonds is 5. The fraction of sp³-hybridized carbons (Fsp3) is 0.500. The summed E-state index contributed by atoms with van der Waals surface area (Å²) in [7, 11) is 0. The molecule has 140 valence electrons. The number of amides is 1. The van der Waals surface area contributed by atoms with E-state index < -0.39 is 11.9 Å². The molecule has 1 aliphatic heterocycles. The van der Waals surface area contributed by atoms with Crippen molar-refractivity contribution in [1.29, 1.82) is 0 Å². The Morgan fingerprint density at radius 2 is 2.15 bits per heavy atom. The van der Waals surface area contributed by atoms with Crippen molar-refractivity contribution < 1.29 is 18.0 Å². The van der Waals surface area contributed by atoms with E-state index in [2.05, 4.69) is 25.7 Å². The molecule has 0 unspecified atom stereocenters. The topological polar surface area (TPSA) is 84.7 Å². The maximum absolute atomic E-state index is 12.8. The van der Waals surface area contributed by atoms with Crippen molar-refractivity contribution in [3.8, 4) is 0 Å². The summed E-state index contributed by atoms with van der Waals surface area (Å²) in [5.41, 5.74) is 1.10. The molecule has 2 aromatic heterocycles. The lowest BCUT2D eigenvalue weighted by molar-refractivity contribution is -0.141. The molecular formula is C16H19F3N6O. The van der Waals surface area contributed by atoms with E-state index in [0.29, 0.717) is 6.42 Å². The van der Waals surface area contributed by atoms with Gasteiger partial charge in [0.15, 0.2) is 0 Å². The minimum atomic E-state index is -4.54. The maximum Gasteiger partial charge on any atom is 0.433 e. The number of nitrogens with zero attached hydrogens (tertiary/aromatic N) is 4. The van der Waals surface area contributed by atoms with Crippen LogP contribution in [0.3, 0.4) is 0 Å². The van der Waals surface area contributed by atoms with Gasteiger partial charge in [-0.3, -0.25) is 9.48 Å². The molecule has 0 aliphatic carbocycles. The highest BCUT2D eigenvalue weighted by molar-refractivity contribution is 5.76. The van der Waals surface area contributed by atoms with Crippen LogP contribution in [0.4, 0.5) is 13.2 Å². The zero-order chi connectivity index (χ0) is 18.7. The van der Waals surface area contributed by atoms with Crippen LogP contribution in [-0.4, -0.2) is 32.2 Å². The Kier molecular flexibility index (Phi) is 5.21. The SMILES string of the molecule is Cc1cc(C(F)(F)F)nc(CNC(=O)CCc2cc3n(n2)CCNC3)n1. The van der Waals surface area contributed by atoms with Crippen LogP contribution in [0.25, 0.3) is 0 Å². The second-order valence-electron chi connectivity index (χ2n) is 6.11. The van der Waals surface area contributed by atoms with Gasteiger partial charge in [-0.05, 0) is 19.1 Å². The van der Waals surface area contributed by atoms with E-state index in [-0.39, 0.29) is 30.4 Å². The van der Waals surface area contributed by atoms with Gasteiger partial charge < -0.3 is 10.6 Å². The van der Waals surface area contributed by atoms with E-state index >= 15 is 0 Å². The van der Waals surface area contributed by atoms with Crippen LogP contribution >= 0.6 is 0 Å². The highest BCUT2D eigenvalue weighted by Crippen LogP contribution is 2.27. The molecule has 0 spiro atoms. The van der Waals surface area contributed by atoms with Crippen LogP contribution in [0.1, 0.15) is 35.0 Å². The average molecular weight is 368 g/mol. The molecule has 2 N–H and O–H groups in total. The molecule has 3 rings (SSSR count). The first kappa shape index (κ1) is 18.3. The third-order valence-electron chi connectivity index (χ3n) is 3.96. The molecule has 0 aromatic carbocycles. The Bertz CT molecular complexity index is 778. The third kappa shape index (κ3) is 4.57. The summed E-state index contributed by atoms with van der Waals surface area (Å²) >= 11 is 0. The zero-order valence-electron chi connectivity index (χ0n) is 14.2. The van der Waals surface area contributed by atoms with Gasteiger partial charge in [0.05, 0.1) is 24.5 Å². The van der Waals surface area contributed by atoms with Crippen molar-refractivity contribution in [3.05, 3.63) is 40.7 Å². The van der Waals surface area contributed by atoms with Crippen molar-refractivity contribution in [2.75, 3.05) is 6.54 Å². The summed E-state index contributed by atoms with van der Waals surface area (Å²) < 4.78 is 40.2. The smallest absolute Gasteiger partial charge is 0.349 e. The Balaban J connectivity index is 1.53. The van der Waals surface area contributed by atoms with Crippen molar-refractivity contribution >= 4 is 5.91 Å². The summed E-state index contributed by atoms with van der Waals surface area (Å²) in [6.45, 7) is 3.73. The summed E-state index contributed by atoms with van der Waals surface area (Å²) in [6.07, 6.45) is -3.88. The third-order valence-corrected chi connectivity index (χ3v) is 3.96. The number of hydrogen-bond acceptors (Lipinski definition) is 5. The summed E-state index contributed by atoms with van der Waals surface area (Å²) in [6, 6.07) is 2.83. The van der Waals surface area contributed by atoms with E-state index in [0.717, 1.165) is 37.1 Å². The summed E-state index contributed by atoms with van der Waals surface area (Å²) in [4.78, 5) is 19.4. The van der Waals surface area contributed by atoms with Gasteiger partial charge in [-0.25, -0.2) is 9.97 Å². The predicted octanol–water partition coefficient (Wildman–Crippen LogP) is 1.35. The number of alkyl halides is 3. The van der Waals surface area contributed by atoms with Gasteiger partial charge in [-0.1, -0.05) is 0 Å². The minimum Gasteiger partial charge on any atom is -0.349 e. The fourth-order valence-electron chi connectivity index (χ4n) is 2.74. The van der Waals surface area contributed by atoms with Gasteiger partial charge in [0, 0.05) is 31.6 Å². The first-order valence-corrected chi connectivity index (χ1v) is 8.26. The molecule has 26 heavy (non-hydrogen) atoms. The van der Waals surface area contributed by atoms with Crippen LogP contribution < -0.4 is 10.6 Å². The quantitative estimate of drug-likeness (QED) is 0.832. The van der Waals surface area contributed by atoms with E-state index in [9.17, 15) is 18.0 Å². The molecule has 2 aromatic rings. The second kappa shape index (κ2) is 7.40. The second-order valence-corrected chi connectivity index (χ2v) is 6.11. The molecule has 0 atom stereocenters. The lowest BCUT2D eigenvalue weighted by Crippen LogP contribution is -2.28. The number of aryl methyl sites for hydroxylation is 2. The van der Waals surface area contributed by atoms with Gasteiger partial charge >= 0.3 is 6.18 Å². The highest BCUT2D eigenvalue weighted by atomic mass is 19.4. The average Bonchev–Trinajstić information content (AvgIpc) is 3.00. The molecule has 1 amide bonds.